The summed E-state index contributed by atoms with van der Waals surface area (Å²) in [5, 5.41) is 10.1. The molecular formula is C22H19BrCl2N2O5. The number of alkyl halides is 3. The Bertz CT molecular complexity index is 1130. The number of carbonyl (C=O) groups is 4. The fraction of sp³-hybridized carbons (Fsp3) is 0.455. The molecule has 1 aromatic rings. The molecule has 1 aromatic carbocycles. The zero-order chi connectivity index (χ0) is 23.2. The molecule has 3 fully saturated rings. The van der Waals surface area contributed by atoms with Gasteiger partial charge in [0.15, 0.2) is 9.75 Å². The molecule has 2 saturated heterocycles. The highest BCUT2D eigenvalue weighted by Crippen LogP contribution is 2.65. The molecular weight excluding hydrogens is 523 g/mol. The minimum absolute atomic E-state index is 0.0275. The van der Waals surface area contributed by atoms with Crippen molar-refractivity contribution in [1.82, 2.24) is 9.80 Å². The lowest BCUT2D eigenvalue weighted by molar-refractivity contribution is -0.140. The molecule has 32 heavy (non-hydrogen) atoms. The Morgan fingerprint density at radius 1 is 1.12 bits per heavy atom. The molecule has 1 saturated carbocycles. The predicted octanol–water partition coefficient (Wildman–Crippen LogP) is 2.73. The highest BCUT2D eigenvalue weighted by Gasteiger charge is 2.76. The molecule has 0 radical (unpaired) electrons. The van der Waals surface area contributed by atoms with E-state index in [4.69, 9.17) is 23.2 Å². The van der Waals surface area contributed by atoms with Crippen molar-refractivity contribution < 1.29 is 24.3 Å². The van der Waals surface area contributed by atoms with Gasteiger partial charge in [-0.15, -0.1) is 23.2 Å². The summed E-state index contributed by atoms with van der Waals surface area (Å²) in [6, 6.07) is 6.32. The number of rotatable bonds is 2. The minimum Gasteiger partial charge on any atom is -0.508 e. The average molecular weight is 542 g/mol. The number of phenolic OH excluding ortho intramolecular Hbond substituents is 1. The second-order valence-corrected chi connectivity index (χ2v) is 10.6. The summed E-state index contributed by atoms with van der Waals surface area (Å²) < 4.78 is 0. The molecule has 5 rings (SSSR count). The Kier molecular flexibility index (Phi) is 4.83. The van der Waals surface area contributed by atoms with Crippen LogP contribution in [0.1, 0.15) is 24.3 Å². The quantitative estimate of drug-likeness (QED) is 0.269. The van der Waals surface area contributed by atoms with Crippen molar-refractivity contribution in [2.75, 3.05) is 12.5 Å². The SMILES string of the molecule is CN1C(=O)[C@H]2[C@H](CC=C3[C@H]2C[C@@]2(Cl)C(=O)N(CBr)C(=O)[C@@]2(Cl)[C@H]3c2cccc(O)c2)C1=O. The number of benzene rings is 1. The molecule has 0 spiro atoms. The summed E-state index contributed by atoms with van der Waals surface area (Å²) in [7, 11) is 1.46. The molecule has 4 amide bonds. The van der Waals surface area contributed by atoms with Gasteiger partial charge in [0, 0.05) is 13.0 Å². The first-order valence-electron chi connectivity index (χ1n) is 10.2. The Labute approximate surface area is 202 Å². The number of imide groups is 2. The number of hydrogen-bond donors (Lipinski definition) is 1. The van der Waals surface area contributed by atoms with Crippen LogP contribution in [0.3, 0.4) is 0 Å². The van der Waals surface area contributed by atoms with Crippen LogP contribution in [0.2, 0.25) is 0 Å². The van der Waals surface area contributed by atoms with Gasteiger partial charge in [-0.3, -0.25) is 29.0 Å². The fourth-order valence-corrected chi connectivity index (χ4v) is 7.41. The topological polar surface area (TPSA) is 95.0 Å². The van der Waals surface area contributed by atoms with Crippen LogP contribution in [-0.2, 0) is 19.2 Å². The van der Waals surface area contributed by atoms with Gasteiger partial charge in [-0.2, -0.15) is 0 Å². The van der Waals surface area contributed by atoms with Crippen LogP contribution < -0.4 is 0 Å². The second kappa shape index (κ2) is 7.05. The third kappa shape index (κ3) is 2.49. The lowest BCUT2D eigenvalue weighted by Gasteiger charge is -2.50. The maximum atomic E-state index is 13.5. The number of halogens is 3. The van der Waals surface area contributed by atoms with Crippen molar-refractivity contribution in [1.29, 1.82) is 0 Å². The molecule has 168 valence electrons. The van der Waals surface area contributed by atoms with Crippen LogP contribution in [0.15, 0.2) is 35.9 Å². The lowest BCUT2D eigenvalue weighted by atomic mass is 9.56. The number of hydrogen-bond acceptors (Lipinski definition) is 5. The summed E-state index contributed by atoms with van der Waals surface area (Å²) in [5.74, 6) is -4.47. The van der Waals surface area contributed by atoms with Gasteiger partial charge in [0.1, 0.15) is 5.75 Å². The highest BCUT2D eigenvalue weighted by molar-refractivity contribution is 9.09. The van der Waals surface area contributed by atoms with E-state index in [2.05, 4.69) is 15.9 Å². The fourth-order valence-electron chi connectivity index (χ4n) is 5.99. The lowest BCUT2D eigenvalue weighted by Crippen LogP contribution is -2.60. The molecule has 4 aliphatic rings. The Balaban J connectivity index is 1.75. The zero-order valence-electron chi connectivity index (χ0n) is 16.9. The molecule has 10 heteroatoms. The van der Waals surface area contributed by atoms with E-state index in [1.54, 1.807) is 12.1 Å². The number of aromatic hydroxyl groups is 1. The average Bonchev–Trinajstić information content (AvgIpc) is 3.06. The molecule has 1 N–H and O–H groups in total. The maximum Gasteiger partial charge on any atom is 0.254 e. The number of likely N-dealkylation sites (tertiary alicyclic amines) is 2. The Hall–Kier alpha value is -1.90. The van der Waals surface area contributed by atoms with Crippen LogP contribution in [-0.4, -0.2) is 60.8 Å². The van der Waals surface area contributed by atoms with Crippen molar-refractivity contribution >= 4 is 62.8 Å². The van der Waals surface area contributed by atoms with Crippen molar-refractivity contribution in [3.8, 4) is 5.75 Å². The number of phenols is 1. The van der Waals surface area contributed by atoms with Crippen LogP contribution in [0.25, 0.3) is 0 Å². The van der Waals surface area contributed by atoms with E-state index in [1.807, 2.05) is 6.08 Å². The molecule has 0 aromatic heterocycles. The van der Waals surface area contributed by atoms with Crippen molar-refractivity contribution in [2.24, 2.45) is 17.8 Å². The first kappa shape index (κ1) is 21.9. The third-order valence-corrected chi connectivity index (χ3v) is 9.35. The summed E-state index contributed by atoms with van der Waals surface area (Å²) in [6.07, 6.45) is 2.15. The van der Waals surface area contributed by atoms with Gasteiger partial charge >= 0.3 is 0 Å². The molecule has 2 aliphatic carbocycles. The molecule has 0 unspecified atom stereocenters. The van der Waals surface area contributed by atoms with E-state index in [0.717, 1.165) is 9.80 Å². The zero-order valence-corrected chi connectivity index (χ0v) is 20.0. The van der Waals surface area contributed by atoms with Gasteiger partial charge in [0.2, 0.25) is 11.8 Å². The normalized spacial score (nSPS) is 38.6. The monoisotopic (exact) mass is 540 g/mol. The van der Waals surface area contributed by atoms with Crippen LogP contribution in [0, 0.1) is 17.8 Å². The van der Waals surface area contributed by atoms with E-state index in [-0.39, 0.29) is 29.4 Å². The largest absolute Gasteiger partial charge is 0.508 e. The Morgan fingerprint density at radius 2 is 1.84 bits per heavy atom. The minimum atomic E-state index is -1.85. The van der Waals surface area contributed by atoms with Gasteiger partial charge in [-0.25, -0.2) is 0 Å². The van der Waals surface area contributed by atoms with Crippen LogP contribution in [0.4, 0.5) is 0 Å². The first-order valence-corrected chi connectivity index (χ1v) is 12.1. The van der Waals surface area contributed by atoms with Crippen molar-refractivity contribution in [2.45, 2.75) is 28.5 Å². The summed E-state index contributed by atoms with van der Waals surface area (Å²) >= 11 is 17.3. The third-order valence-electron chi connectivity index (χ3n) is 7.44. The van der Waals surface area contributed by atoms with Gasteiger partial charge in [-0.1, -0.05) is 39.7 Å². The maximum absolute atomic E-state index is 13.5. The molecule has 7 nitrogen and oxygen atoms in total. The predicted molar refractivity (Wildman–Crippen MR) is 119 cm³/mol. The van der Waals surface area contributed by atoms with E-state index in [1.165, 1.54) is 19.2 Å². The Morgan fingerprint density at radius 3 is 2.50 bits per heavy atom. The number of amides is 4. The van der Waals surface area contributed by atoms with E-state index in [0.29, 0.717) is 17.6 Å². The van der Waals surface area contributed by atoms with Crippen LogP contribution in [0.5, 0.6) is 5.75 Å². The van der Waals surface area contributed by atoms with E-state index in [9.17, 15) is 24.3 Å². The summed E-state index contributed by atoms with van der Waals surface area (Å²) in [5.41, 5.74) is 1.15. The summed E-state index contributed by atoms with van der Waals surface area (Å²) in [4.78, 5) is 51.0. The first-order chi connectivity index (χ1) is 15.1. The molecule has 0 bridgehead atoms. The molecule has 6 atom stereocenters. The number of carbonyl (C=O) groups excluding carboxylic acids is 4. The van der Waals surface area contributed by atoms with Gasteiger partial charge < -0.3 is 5.11 Å². The second-order valence-electron chi connectivity index (χ2n) is 8.82. The highest BCUT2D eigenvalue weighted by atomic mass is 79.9. The van der Waals surface area contributed by atoms with Gasteiger partial charge in [0.25, 0.3) is 11.8 Å². The van der Waals surface area contributed by atoms with Crippen LogP contribution >= 0.6 is 39.1 Å². The van der Waals surface area contributed by atoms with E-state index < -0.39 is 45.2 Å². The summed E-state index contributed by atoms with van der Waals surface area (Å²) in [6.45, 7) is 0. The number of fused-ring (bicyclic) bond motifs is 4. The van der Waals surface area contributed by atoms with Gasteiger partial charge in [0.05, 0.1) is 17.3 Å². The van der Waals surface area contributed by atoms with Crippen molar-refractivity contribution in [3.05, 3.63) is 41.5 Å². The van der Waals surface area contributed by atoms with Gasteiger partial charge in [-0.05, 0) is 36.5 Å². The molecule has 2 aliphatic heterocycles. The standard InChI is InChI=1S/C22H19BrCl2N2O5/c1-26-17(29)13-6-5-12-14(15(13)18(26)30)8-21(24)19(31)27(9-23)20(32)22(21,25)16(12)10-3-2-4-11(28)7-10/h2-5,7,13-16,28H,6,8-9H2,1H3/t13-,14+,15-,16-,21+,22-/m0/s1. The van der Waals surface area contributed by atoms with E-state index >= 15 is 0 Å². The van der Waals surface area contributed by atoms with Crippen molar-refractivity contribution in [3.63, 3.8) is 0 Å². The number of nitrogens with zero attached hydrogens (tertiary/aromatic N) is 2. The molecule has 2 heterocycles. The number of allylic oxidation sites excluding steroid dienone is 2. The smallest absolute Gasteiger partial charge is 0.254 e.